The summed E-state index contributed by atoms with van der Waals surface area (Å²) >= 11 is 7.11. The quantitative estimate of drug-likeness (QED) is 0.611. The molecule has 18 heavy (non-hydrogen) atoms. The van der Waals surface area contributed by atoms with Crippen LogP contribution in [0.4, 0.5) is 0 Å². The van der Waals surface area contributed by atoms with Gasteiger partial charge in [0.1, 0.15) is 0 Å². The Balaban J connectivity index is 2.82. The number of allylic oxidation sites excluding steroid dienone is 1. The van der Waals surface area contributed by atoms with E-state index in [9.17, 15) is 0 Å². The van der Waals surface area contributed by atoms with Gasteiger partial charge in [-0.15, -0.1) is 6.58 Å². The standard InChI is InChI=1S/C15H21Br2N/c1-4-7-18-15(6-5-11(2)3)12-8-13(16)10-14(17)9-12/h8-10,15,18H,2,4-7H2,1,3H3. The largest absolute Gasteiger partial charge is 0.310 e. The number of hydrogen-bond donors (Lipinski definition) is 1. The van der Waals surface area contributed by atoms with Crippen LogP contribution in [-0.4, -0.2) is 6.54 Å². The van der Waals surface area contributed by atoms with Crippen LogP contribution in [0, 0.1) is 0 Å². The Morgan fingerprint density at radius 1 is 1.28 bits per heavy atom. The first-order valence-corrected chi connectivity index (χ1v) is 7.95. The highest BCUT2D eigenvalue weighted by atomic mass is 79.9. The molecule has 0 spiro atoms. The molecule has 0 fully saturated rings. The molecular weight excluding hydrogens is 354 g/mol. The minimum Gasteiger partial charge on any atom is -0.310 e. The Labute approximate surface area is 127 Å². The lowest BCUT2D eigenvalue weighted by Crippen LogP contribution is -2.22. The molecule has 1 N–H and O–H groups in total. The fraction of sp³-hybridized carbons (Fsp3) is 0.467. The van der Waals surface area contributed by atoms with E-state index < -0.39 is 0 Å². The summed E-state index contributed by atoms with van der Waals surface area (Å²) in [5.41, 5.74) is 2.57. The smallest absolute Gasteiger partial charge is 0.0324 e. The molecule has 0 saturated carbocycles. The molecule has 0 aliphatic carbocycles. The zero-order chi connectivity index (χ0) is 13.5. The maximum absolute atomic E-state index is 3.99. The van der Waals surface area contributed by atoms with Crippen molar-refractivity contribution in [3.63, 3.8) is 0 Å². The Morgan fingerprint density at radius 3 is 2.39 bits per heavy atom. The topological polar surface area (TPSA) is 12.0 Å². The van der Waals surface area contributed by atoms with Crippen LogP contribution in [0.3, 0.4) is 0 Å². The molecule has 1 rings (SSSR count). The Morgan fingerprint density at radius 2 is 1.89 bits per heavy atom. The Hall–Kier alpha value is -0.120. The molecule has 0 aromatic heterocycles. The van der Waals surface area contributed by atoms with Crippen molar-refractivity contribution in [1.29, 1.82) is 0 Å². The van der Waals surface area contributed by atoms with Crippen LogP contribution in [0.1, 0.15) is 44.7 Å². The lowest BCUT2D eigenvalue weighted by atomic mass is 10.00. The summed E-state index contributed by atoms with van der Waals surface area (Å²) in [5.74, 6) is 0. The van der Waals surface area contributed by atoms with E-state index in [-0.39, 0.29) is 0 Å². The van der Waals surface area contributed by atoms with Crippen LogP contribution in [0.15, 0.2) is 39.3 Å². The van der Waals surface area contributed by atoms with Crippen molar-refractivity contribution in [3.05, 3.63) is 44.9 Å². The average Bonchev–Trinajstić information content (AvgIpc) is 2.27. The first-order valence-electron chi connectivity index (χ1n) is 6.36. The first kappa shape index (κ1) is 15.9. The van der Waals surface area contributed by atoms with Crippen molar-refractivity contribution in [1.82, 2.24) is 5.32 Å². The van der Waals surface area contributed by atoms with Crippen LogP contribution in [0.25, 0.3) is 0 Å². The lowest BCUT2D eigenvalue weighted by Gasteiger charge is -2.20. The number of hydrogen-bond acceptors (Lipinski definition) is 1. The van der Waals surface area contributed by atoms with E-state index in [2.05, 4.69) is 75.8 Å². The molecule has 0 heterocycles. The molecule has 1 nitrogen and oxygen atoms in total. The van der Waals surface area contributed by atoms with Crippen molar-refractivity contribution in [2.75, 3.05) is 6.54 Å². The summed E-state index contributed by atoms with van der Waals surface area (Å²) in [7, 11) is 0. The van der Waals surface area contributed by atoms with E-state index in [0.717, 1.165) is 34.8 Å². The highest BCUT2D eigenvalue weighted by Crippen LogP contribution is 2.27. The highest BCUT2D eigenvalue weighted by Gasteiger charge is 2.11. The summed E-state index contributed by atoms with van der Waals surface area (Å²) in [6, 6.07) is 6.85. The Bertz CT molecular complexity index is 381. The minimum absolute atomic E-state index is 0.399. The molecular formula is C15H21Br2N. The molecule has 1 aromatic carbocycles. The maximum Gasteiger partial charge on any atom is 0.0324 e. The van der Waals surface area contributed by atoms with E-state index in [1.807, 2.05) is 0 Å². The van der Waals surface area contributed by atoms with Crippen LogP contribution in [-0.2, 0) is 0 Å². The SMILES string of the molecule is C=C(C)CCC(NCCC)c1cc(Br)cc(Br)c1. The van der Waals surface area contributed by atoms with Gasteiger partial charge in [0.05, 0.1) is 0 Å². The van der Waals surface area contributed by atoms with Crippen molar-refractivity contribution in [3.8, 4) is 0 Å². The van der Waals surface area contributed by atoms with Gasteiger partial charge in [0.25, 0.3) is 0 Å². The molecule has 3 heteroatoms. The van der Waals surface area contributed by atoms with Gasteiger partial charge in [-0.25, -0.2) is 0 Å². The third-order valence-electron chi connectivity index (χ3n) is 2.79. The Kier molecular flexibility index (Phi) is 7.20. The first-order chi connectivity index (χ1) is 8.52. The molecule has 0 amide bonds. The summed E-state index contributed by atoms with van der Waals surface area (Å²) in [6.07, 6.45) is 3.31. The molecule has 1 aromatic rings. The highest BCUT2D eigenvalue weighted by molar-refractivity contribution is 9.11. The van der Waals surface area contributed by atoms with E-state index in [4.69, 9.17) is 0 Å². The van der Waals surface area contributed by atoms with Crippen molar-refractivity contribution < 1.29 is 0 Å². The van der Waals surface area contributed by atoms with Gasteiger partial charge in [0.15, 0.2) is 0 Å². The van der Waals surface area contributed by atoms with Gasteiger partial charge in [-0.05, 0) is 56.5 Å². The summed E-state index contributed by atoms with van der Waals surface area (Å²) < 4.78 is 2.23. The van der Waals surface area contributed by atoms with Gasteiger partial charge in [-0.2, -0.15) is 0 Å². The van der Waals surface area contributed by atoms with Crippen LogP contribution in [0.2, 0.25) is 0 Å². The second kappa shape index (κ2) is 8.13. The number of halogens is 2. The monoisotopic (exact) mass is 373 g/mol. The lowest BCUT2D eigenvalue weighted by molar-refractivity contribution is 0.498. The normalized spacial score (nSPS) is 12.4. The minimum atomic E-state index is 0.399. The molecule has 1 unspecified atom stereocenters. The van der Waals surface area contributed by atoms with Gasteiger partial charge in [0, 0.05) is 15.0 Å². The van der Waals surface area contributed by atoms with Gasteiger partial charge >= 0.3 is 0 Å². The van der Waals surface area contributed by atoms with E-state index in [1.54, 1.807) is 0 Å². The summed E-state index contributed by atoms with van der Waals surface area (Å²) in [6.45, 7) is 9.32. The number of nitrogens with one attached hydrogen (secondary N) is 1. The third kappa shape index (κ3) is 5.68. The molecule has 0 bridgehead atoms. The van der Waals surface area contributed by atoms with Gasteiger partial charge < -0.3 is 5.32 Å². The van der Waals surface area contributed by atoms with Crippen molar-refractivity contribution in [2.24, 2.45) is 0 Å². The molecule has 100 valence electrons. The van der Waals surface area contributed by atoms with Crippen LogP contribution >= 0.6 is 31.9 Å². The maximum atomic E-state index is 3.99. The predicted molar refractivity (Wildman–Crippen MR) is 86.9 cm³/mol. The summed E-state index contributed by atoms with van der Waals surface area (Å²) in [4.78, 5) is 0. The van der Waals surface area contributed by atoms with E-state index >= 15 is 0 Å². The van der Waals surface area contributed by atoms with Gasteiger partial charge in [0.2, 0.25) is 0 Å². The fourth-order valence-corrected chi connectivity index (χ4v) is 3.20. The molecule has 0 radical (unpaired) electrons. The molecule has 0 saturated heterocycles. The molecule has 1 atom stereocenters. The van der Waals surface area contributed by atoms with Crippen LogP contribution < -0.4 is 5.32 Å². The van der Waals surface area contributed by atoms with Crippen LogP contribution in [0.5, 0.6) is 0 Å². The summed E-state index contributed by atoms with van der Waals surface area (Å²) in [5, 5.41) is 3.61. The number of rotatable bonds is 7. The third-order valence-corrected chi connectivity index (χ3v) is 3.70. The fourth-order valence-electron chi connectivity index (χ4n) is 1.87. The van der Waals surface area contributed by atoms with E-state index in [1.165, 1.54) is 11.1 Å². The second-order valence-electron chi connectivity index (χ2n) is 4.71. The predicted octanol–water partition coefficient (Wildman–Crippen LogP) is 5.61. The second-order valence-corrected chi connectivity index (χ2v) is 6.54. The zero-order valence-corrected chi connectivity index (χ0v) is 14.3. The van der Waals surface area contributed by atoms with Crippen molar-refractivity contribution in [2.45, 2.75) is 39.2 Å². The van der Waals surface area contributed by atoms with E-state index in [0.29, 0.717) is 6.04 Å². The molecule has 0 aliphatic heterocycles. The van der Waals surface area contributed by atoms with Crippen molar-refractivity contribution >= 4 is 31.9 Å². The average molecular weight is 375 g/mol. The number of benzene rings is 1. The molecule has 0 aliphatic rings. The van der Waals surface area contributed by atoms with Gasteiger partial charge in [-0.3, -0.25) is 0 Å². The zero-order valence-electron chi connectivity index (χ0n) is 11.1. The van der Waals surface area contributed by atoms with Gasteiger partial charge in [-0.1, -0.05) is 44.4 Å².